The van der Waals surface area contributed by atoms with E-state index in [1.165, 1.54) is 5.56 Å². The van der Waals surface area contributed by atoms with Crippen molar-refractivity contribution in [3.8, 4) is 11.3 Å². The Labute approximate surface area is 214 Å². The normalized spacial score (nSPS) is 17.3. The van der Waals surface area contributed by atoms with E-state index in [1.54, 1.807) is 16.0 Å². The van der Waals surface area contributed by atoms with Gasteiger partial charge < -0.3 is 19.9 Å². The highest BCUT2D eigenvalue weighted by atomic mass is 35.5. The molecule has 0 radical (unpaired) electrons. The summed E-state index contributed by atoms with van der Waals surface area (Å²) in [5, 5.41) is 3.78. The molecule has 1 N–H and O–H groups in total. The molecule has 0 saturated carbocycles. The molecule has 36 heavy (non-hydrogen) atoms. The Morgan fingerprint density at radius 1 is 1.14 bits per heavy atom. The Balaban J connectivity index is 1.19. The summed E-state index contributed by atoms with van der Waals surface area (Å²) < 4.78 is 5.42. The number of carbonyl (C=O) groups is 2. The van der Waals surface area contributed by atoms with Crippen molar-refractivity contribution < 1.29 is 14.3 Å². The third-order valence-corrected chi connectivity index (χ3v) is 7.35. The van der Waals surface area contributed by atoms with Gasteiger partial charge >= 0.3 is 0 Å². The number of amides is 2. The molecule has 6 rings (SSSR count). The molecule has 1 saturated heterocycles. The molecule has 2 amide bonds. The fourth-order valence-corrected chi connectivity index (χ4v) is 5.35. The molecule has 1 aromatic heterocycles. The highest BCUT2D eigenvalue weighted by Crippen LogP contribution is 2.32. The predicted molar refractivity (Wildman–Crippen MR) is 137 cm³/mol. The minimum absolute atomic E-state index is 0.0462. The second kappa shape index (κ2) is 9.52. The average Bonchev–Trinajstić information content (AvgIpc) is 3.47. The lowest BCUT2D eigenvalue weighted by molar-refractivity contribution is -0.119. The summed E-state index contributed by atoms with van der Waals surface area (Å²) in [6.07, 6.45) is 4.21. The number of halogens is 1. The second-order valence-corrected chi connectivity index (χ2v) is 9.79. The zero-order valence-electron chi connectivity index (χ0n) is 19.7. The summed E-state index contributed by atoms with van der Waals surface area (Å²) in [4.78, 5) is 38.7. The van der Waals surface area contributed by atoms with E-state index in [0.29, 0.717) is 48.5 Å². The summed E-state index contributed by atoms with van der Waals surface area (Å²) in [6.45, 7) is 2.53. The number of anilines is 2. The van der Waals surface area contributed by atoms with Gasteiger partial charge in [-0.05, 0) is 42.5 Å². The summed E-state index contributed by atoms with van der Waals surface area (Å²) in [6, 6.07) is 13.8. The van der Waals surface area contributed by atoms with Gasteiger partial charge in [0.05, 0.1) is 16.9 Å². The van der Waals surface area contributed by atoms with Gasteiger partial charge in [-0.1, -0.05) is 41.9 Å². The number of fused-ring (bicyclic) bond motifs is 2. The van der Waals surface area contributed by atoms with Crippen LogP contribution < -0.4 is 10.2 Å². The highest BCUT2D eigenvalue weighted by molar-refractivity contribution is 6.33. The molecule has 0 atom stereocenters. The molecule has 3 aliphatic heterocycles. The summed E-state index contributed by atoms with van der Waals surface area (Å²) in [7, 11) is 0. The quantitative estimate of drug-likeness (QED) is 0.567. The van der Waals surface area contributed by atoms with Crippen molar-refractivity contribution in [2.24, 2.45) is 0 Å². The number of rotatable bonds is 5. The Morgan fingerprint density at radius 2 is 1.97 bits per heavy atom. The molecule has 0 spiro atoms. The molecule has 1 fully saturated rings. The van der Waals surface area contributed by atoms with E-state index >= 15 is 0 Å². The fourth-order valence-electron chi connectivity index (χ4n) is 5.15. The van der Waals surface area contributed by atoms with Crippen LogP contribution >= 0.6 is 11.6 Å². The van der Waals surface area contributed by atoms with Crippen LogP contribution in [0.15, 0.2) is 48.7 Å². The number of aromatic nitrogens is 2. The third-order valence-electron chi connectivity index (χ3n) is 7.08. The Hall–Kier alpha value is -3.49. The Kier molecular flexibility index (Phi) is 6.07. The first-order chi connectivity index (χ1) is 17.6. The standard InChI is InChI=1S/C27H26ClN5O3/c28-22-14-29-27(30-20-8-11-36-12-9-20)31-25(22)18-5-6-19-15-32(26(35)21(19)13-18)16-24(34)33-10-7-17-3-1-2-4-23(17)33/h1-6,13-14,20H,7-12,15-16H2,(H,29,30,31). The molecule has 2 aromatic carbocycles. The number of benzene rings is 2. The summed E-state index contributed by atoms with van der Waals surface area (Å²) in [5.74, 6) is 0.286. The zero-order chi connectivity index (χ0) is 24.6. The van der Waals surface area contributed by atoms with E-state index in [9.17, 15) is 9.59 Å². The van der Waals surface area contributed by atoms with Crippen LogP contribution in [0.3, 0.4) is 0 Å². The van der Waals surface area contributed by atoms with Crippen LogP contribution in [0.1, 0.15) is 34.3 Å². The molecular weight excluding hydrogens is 478 g/mol. The summed E-state index contributed by atoms with van der Waals surface area (Å²) in [5.41, 5.74) is 4.89. The van der Waals surface area contributed by atoms with E-state index in [-0.39, 0.29) is 24.4 Å². The molecule has 3 aromatic rings. The smallest absolute Gasteiger partial charge is 0.254 e. The van der Waals surface area contributed by atoms with Gasteiger partial charge in [0.15, 0.2) is 0 Å². The molecule has 9 heteroatoms. The van der Waals surface area contributed by atoms with Gasteiger partial charge in [-0.2, -0.15) is 0 Å². The number of nitrogens with zero attached hydrogens (tertiary/aromatic N) is 4. The van der Waals surface area contributed by atoms with Crippen molar-refractivity contribution in [1.82, 2.24) is 14.9 Å². The minimum atomic E-state index is -0.154. The monoisotopic (exact) mass is 503 g/mol. The number of hydrogen-bond acceptors (Lipinski definition) is 6. The second-order valence-electron chi connectivity index (χ2n) is 9.38. The van der Waals surface area contributed by atoms with Crippen molar-refractivity contribution >= 4 is 35.1 Å². The summed E-state index contributed by atoms with van der Waals surface area (Å²) >= 11 is 6.45. The van der Waals surface area contributed by atoms with Crippen LogP contribution in [0.5, 0.6) is 0 Å². The Bertz CT molecular complexity index is 1340. The molecule has 0 bridgehead atoms. The molecule has 8 nitrogen and oxygen atoms in total. The first-order valence-corrected chi connectivity index (χ1v) is 12.6. The maximum Gasteiger partial charge on any atom is 0.254 e. The maximum absolute atomic E-state index is 13.3. The highest BCUT2D eigenvalue weighted by Gasteiger charge is 2.32. The molecule has 0 aliphatic carbocycles. The molecule has 3 aliphatic rings. The molecular formula is C27H26ClN5O3. The first kappa shape index (κ1) is 22.9. The van der Waals surface area contributed by atoms with Gasteiger partial charge in [-0.25, -0.2) is 9.97 Å². The van der Waals surface area contributed by atoms with Gasteiger partial charge in [0.25, 0.3) is 5.91 Å². The van der Waals surface area contributed by atoms with Crippen LogP contribution in [0.4, 0.5) is 11.6 Å². The van der Waals surface area contributed by atoms with Crippen molar-refractivity contribution in [3.05, 3.63) is 70.4 Å². The topological polar surface area (TPSA) is 87.7 Å². The number of para-hydroxylation sites is 1. The van der Waals surface area contributed by atoms with Gasteiger partial charge in [-0.3, -0.25) is 9.59 Å². The maximum atomic E-state index is 13.3. The Morgan fingerprint density at radius 3 is 2.83 bits per heavy atom. The molecule has 184 valence electrons. The number of hydrogen-bond donors (Lipinski definition) is 1. The van der Waals surface area contributed by atoms with Gasteiger partial charge in [0, 0.05) is 49.2 Å². The first-order valence-electron chi connectivity index (χ1n) is 12.2. The largest absolute Gasteiger partial charge is 0.381 e. The van der Waals surface area contributed by atoms with Crippen molar-refractivity contribution in [1.29, 1.82) is 0 Å². The third kappa shape index (κ3) is 4.31. The van der Waals surface area contributed by atoms with E-state index in [0.717, 1.165) is 36.1 Å². The number of ether oxygens (including phenoxy) is 1. The van der Waals surface area contributed by atoms with E-state index in [2.05, 4.69) is 15.3 Å². The van der Waals surface area contributed by atoms with E-state index < -0.39 is 0 Å². The van der Waals surface area contributed by atoms with Crippen LogP contribution in [-0.2, 0) is 22.5 Å². The lowest BCUT2D eigenvalue weighted by Gasteiger charge is -2.23. The van der Waals surface area contributed by atoms with Gasteiger partial charge in [0.1, 0.15) is 6.54 Å². The average molecular weight is 504 g/mol. The molecule has 4 heterocycles. The van der Waals surface area contributed by atoms with Crippen LogP contribution in [0.25, 0.3) is 11.3 Å². The van der Waals surface area contributed by atoms with Crippen LogP contribution in [0, 0.1) is 0 Å². The predicted octanol–water partition coefficient (Wildman–Crippen LogP) is 3.93. The van der Waals surface area contributed by atoms with Gasteiger partial charge in [-0.15, -0.1) is 0 Å². The van der Waals surface area contributed by atoms with Crippen molar-refractivity contribution in [2.75, 3.05) is 36.5 Å². The minimum Gasteiger partial charge on any atom is -0.381 e. The number of carbonyl (C=O) groups excluding carboxylic acids is 2. The van der Waals surface area contributed by atoms with Gasteiger partial charge in [0.2, 0.25) is 11.9 Å². The van der Waals surface area contributed by atoms with Crippen LogP contribution in [-0.4, -0.2) is 59.0 Å². The van der Waals surface area contributed by atoms with Crippen molar-refractivity contribution in [2.45, 2.75) is 31.8 Å². The SMILES string of the molecule is O=C1c2cc(-c3nc(NC4CCOCC4)ncc3Cl)ccc2CN1CC(=O)N1CCc2ccccc21. The fraction of sp³-hybridized carbons (Fsp3) is 0.333. The molecule has 0 unspecified atom stereocenters. The zero-order valence-corrected chi connectivity index (χ0v) is 20.5. The lowest BCUT2D eigenvalue weighted by atomic mass is 10.0. The van der Waals surface area contributed by atoms with Crippen LogP contribution in [0.2, 0.25) is 5.02 Å². The van der Waals surface area contributed by atoms with E-state index in [1.807, 2.05) is 42.5 Å². The van der Waals surface area contributed by atoms with Crippen molar-refractivity contribution in [3.63, 3.8) is 0 Å². The lowest BCUT2D eigenvalue weighted by Crippen LogP contribution is -2.39. The number of nitrogens with one attached hydrogen (secondary N) is 1. The van der Waals surface area contributed by atoms with E-state index in [4.69, 9.17) is 16.3 Å².